The second-order valence-electron chi connectivity index (χ2n) is 6.80. The molecule has 156 valence electrons. The molecule has 2 aliphatic heterocycles. The molecule has 1 unspecified atom stereocenters. The second-order valence-corrected chi connectivity index (χ2v) is 6.80. The van der Waals surface area contributed by atoms with Crippen LogP contribution in [-0.2, 0) is 16.1 Å². The number of benzene rings is 2. The van der Waals surface area contributed by atoms with Gasteiger partial charge in [-0.1, -0.05) is 24.3 Å². The first-order valence-electron chi connectivity index (χ1n) is 9.62. The summed E-state index contributed by atoms with van der Waals surface area (Å²) in [6, 6.07) is 11.6. The third kappa shape index (κ3) is 3.89. The molecule has 30 heavy (non-hydrogen) atoms. The Balaban J connectivity index is 1.57. The minimum Gasteiger partial charge on any atom is -0.494 e. The number of urea groups is 1. The van der Waals surface area contributed by atoms with Gasteiger partial charge in [-0.25, -0.2) is 9.59 Å². The molecule has 0 fully saturated rings. The summed E-state index contributed by atoms with van der Waals surface area (Å²) in [5.74, 6) is 1.35. The number of para-hydroxylation sites is 1. The largest absolute Gasteiger partial charge is 0.494 e. The minimum absolute atomic E-state index is 0.0556. The average Bonchev–Trinajstić information content (AvgIpc) is 3.20. The van der Waals surface area contributed by atoms with Crippen molar-refractivity contribution in [2.45, 2.75) is 26.5 Å². The summed E-state index contributed by atoms with van der Waals surface area (Å²) in [6.45, 7) is 4.24. The SMILES string of the molecule is CCOc1ccccc1C1NC(=O)NC(C)=C1C(=O)OCc1ccc2c(c1)OCO2. The Labute approximate surface area is 173 Å². The van der Waals surface area contributed by atoms with Gasteiger partial charge < -0.3 is 29.6 Å². The van der Waals surface area contributed by atoms with Gasteiger partial charge in [0.2, 0.25) is 6.79 Å². The Morgan fingerprint density at radius 3 is 2.80 bits per heavy atom. The zero-order chi connectivity index (χ0) is 21.1. The maximum atomic E-state index is 13.0. The molecular weight excluding hydrogens is 388 g/mol. The first kappa shape index (κ1) is 19.6. The number of ether oxygens (including phenoxy) is 4. The number of nitrogens with one attached hydrogen (secondary N) is 2. The lowest BCUT2D eigenvalue weighted by Crippen LogP contribution is -2.45. The summed E-state index contributed by atoms with van der Waals surface area (Å²) in [7, 11) is 0. The number of hydrogen-bond acceptors (Lipinski definition) is 6. The highest BCUT2D eigenvalue weighted by atomic mass is 16.7. The molecule has 1 atom stereocenters. The van der Waals surface area contributed by atoms with Crippen LogP contribution in [0, 0.1) is 0 Å². The Hall–Kier alpha value is -3.68. The molecule has 2 aromatic carbocycles. The first-order valence-corrected chi connectivity index (χ1v) is 9.62. The summed E-state index contributed by atoms with van der Waals surface area (Å²) < 4.78 is 21.9. The predicted octanol–water partition coefficient (Wildman–Crippen LogP) is 3.19. The molecule has 8 heteroatoms. The quantitative estimate of drug-likeness (QED) is 0.711. The van der Waals surface area contributed by atoms with Gasteiger partial charge in [-0.15, -0.1) is 0 Å². The molecule has 4 rings (SSSR count). The van der Waals surface area contributed by atoms with Crippen molar-refractivity contribution in [1.29, 1.82) is 0 Å². The smallest absolute Gasteiger partial charge is 0.338 e. The molecule has 0 spiro atoms. The van der Waals surface area contributed by atoms with E-state index in [1.54, 1.807) is 25.1 Å². The van der Waals surface area contributed by atoms with Crippen molar-refractivity contribution in [2.24, 2.45) is 0 Å². The molecule has 0 radical (unpaired) electrons. The van der Waals surface area contributed by atoms with Gasteiger partial charge in [0.1, 0.15) is 12.4 Å². The van der Waals surface area contributed by atoms with Crippen LogP contribution in [0.15, 0.2) is 53.7 Å². The van der Waals surface area contributed by atoms with Gasteiger partial charge >= 0.3 is 12.0 Å². The molecule has 0 aliphatic carbocycles. The van der Waals surface area contributed by atoms with Crippen molar-refractivity contribution in [3.8, 4) is 17.2 Å². The van der Waals surface area contributed by atoms with Crippen LogP contribution < -0.4 is 24.8 Å². The monoisotopic (exact) mass is 410 g/mol. The van der Waals surface area contributed by atoms with Crippen molar-refractivity contribution < 1.29 is 28.5 Å². The van der Waals surface area contributed by atoms with Gasteiger partial charge in [0, 0.05) is 11.3 Å². The Bertz CT molecular complexity index is 1020. The lowest BCUT2D eigenvalue weighted by Gasteiger charge is -2.29. The van der Waals surface area contributed by atoms with Gasteiger partial charge in [0.05, 0.1) is 18.2 Å². The van der Waals surface area contributed by atoms with Crippen LogP contribution in [0.1, 0.15) is 31.0 Å². The number of allylic oxidation sites excluding steroid dienone is 1. The van der Waals surface area contributed by atoms with Crippen LogP contribution in [0.5, 0.6) is 17.2 Å². The summed E-state index contributed by atoms with van der Waals surface area (Å²) in [5, 5.41) is 5.44. The molecule has 2 heterocycles. The molecule has 0 bridgehead atoms. The molecule has 2 amide bonds. The molecule has 0 saturated heterocycles. The van der Waals surface area contributed by atoms with Crippen molar-refractivity contribution in [3.63, 3.8) is 0 Å². The van der Waals surface area contributed by atoms with Crippen molar-refractivity contribution >= 4 is 12.0 Å². The predicted molar refractivity (Wildman–Crippen MR) is 107 cm³/mol. The fraction of sp³-hybridized carbons (Fsp3) is 0.273. The van der Waals surface area contributed by atoms with E-state index in [1.165, 1.54) is 0 Å². The normalized spacial score (nSPS) is 17.3. The molecule has 2 aromatic rings. The number of rotatable bonds is 6. The summed E-state index contributed by atoms with van der Waals surface area (Å²) in [5.41, 5.74) is 2.21. The fourth-order valence-electron chi connectivity index (χ4n) is 3.46. The van der Waals surface area contributed by atoms with Gasteiger partial charge in [0.25, 0.3) is 0 Å². The van der Waals surface area contributed by atoms with Crippen molar-refractivity contribution in [3.05, 3.63) is 64.9 Å². The van der Waals surface area contributed by atoms with Crippen molar-refractivity contribution in [2.75, 3.05) is 13.4 Å². The summed E-state index contributed by atoms with van der Waals surface area (Å²) in [4.78, 5) is 25.1. The van der Waals surface area contributed by atoms with E-state index in [4.69, 9.17) is 18.9 Å². The molecule has 0 aromatic heterocycles. The minimum atomic E-state index is -0.689. The highest BCUT2D eigenvalue weighted by molar-refractivity contribution is 5.95. The van der Waals surface area contributed by atoms with Crippen LogP contribution in [0.25, 0.3) is 0 Å². The first-order chi connectivity index (χ1) is 14.6. The molecular formula is C22H22N2O6. The Kier molecular flexibility index (Phi) is 5.47. The van der Waals surface area contributed by atoms with E-state index in [1.807, 2.05) is 31.2 Å². The molecule has 2 N–H and O–H groups in total. The van der Waals surface area contributed by atoms with Gasteiger partial charge in [-0.05, 0) is 37.6 Å². The van der Waals surface area contributed by atoms with Crippen LogP contribution in [-0.4, -0.2) is 25.4 Å². The highest BCUT2D eigenvalue weighted by Crippen LogP contribution is 2.35. The van der Waals surface area contributed by atoms with Crippen LogP contribution in [0.4, 0.5) is 4.79 Å². The highest BCUT2D eigenvalue weighted by Gasteiger charge is 2.34. The van der Waals surface area contributed by atoms with Crippen LogP contribution in [0.3, 0.4) is 0 Å². The number of carbonyl (C=O) groups is 2. The van der Waals surface area contributed by atoms with E-state index in [2.05, 4.69) is 10.6 Å². The molecule has 2 aliphatic rings. The zero-order valence-electron chi connectivity index (χ0n) is 16.7. The van der Waals surface area contributed by atoms with Crippen LogP contribution >= 0.6 is 0 Å². The third-order valence-corrected chi connectivity index (χ3v) is 4.83. The number of fused-ring (bicyclic) bond motifs is 1. The average molecular weight is 410 g/mol. The topological polar surface area (TPSA) is 95.1 Å². The number of carbonyl (C=O) groups excluding carboxylic acids is 2. The zero-order valence-corrected chi connectivity index (χ0v) is 16.7. The fourth-order valence-corrected chi connectivity index (χ4v) is 3.46. The van der Waals surface area contributed by atoms with Gasteiger partial charge in [-0.2, -0.15) is 0 Å². The number of esters is 1. The molecule has 0 saturated carbocycles. The van der Waals surface area contributed by atoms with Gasteiger partial charge in [0.15, 0.2) is 11.5 Å². The van der Waals surface area contributed by atoms with E-state index in [0.29, 0.717) is 40.7 Å². The van der Waals surface area contributed by atoms with Crippen molar-refractivity contribution in [1.82, 2.24) is 10.6 Å². The second kappa shape index (κ2) is 8.36. The maximum Gasteiger partial charge on any atom is 0.338 e. The van der Waals surface area contributed by atoms with E-state index >= 15 is 0 Å². The third-order valence-electron chi connectivity index (χ3n) is 4.83. The lowest BCUT2D eigenvalue weighted by atomic mass is 9.95. The number of hydrogen-bond donors (Lipinski definition) is 2. The molecule has 8 nitrogen and oxygen atoms in total. The maximum absolute atomic E-state index is 13.0. The summed E-state index contributed by atoms with van der Waals surface area (Å²) in [6.07, 6.45) is 0. The van der Waals surface area contributed by atoms with Gasteiger partial charge in [-0.3, -0.25) is 0 Å². The lowest BCUT2D eigenvalue weighted by molar-refractivity contribution is -0.140. The van der Waals surface area contributed by atoms with E-state index < -0.39 is 18.0 Å². The Morgan fingerprint density at radius 1 is 1.17 bits per heavy atom. The number of amides is 2. The standard InChI is InChI=1S/C22H22N2O6/c1-3-27-16-7-5-4-6-15(16)20-19(13(2)23-22(26)24-20)21(25)28-11-14-8-9-17-18(10-14)30-12-29-17/h4-10,20H,3,11-12H2,1-2H3,(H2,23,24,26). The van der Waals surface area contributed by atoms with E-state index in [9.17, 15) is 9.59 Å². The van der Waals surface area contributed by atoms with E-state index in [-0.39, 0.29) is 13.4 Å². The van der Waals surface area contributed by atoms with E-state index in [0.717, 1.165) is 5.56 Å². The Morgan fingerprint density at radius 2 is 1.97 bits per heavy atom. The van der Waals surface area contributed by atoms with Crippen LogP contribution in [0.2, 0.25) is 0 Å². The summed E-state index contributed by atoms with van der Waals surface area (Å²) >= 11 is 0.